The Balaban J connectivity index is 1.95. The molecule has 4 rings (SSSR count). The highest BCUT2D eigenvalue weighted by atomic mass is 16.5. The number of benzene rings is 2. The molecule has 2 N–H and O–H groups in total. The van der Waals surface area contributed by atoms with Gasteiger partial charge in [0.15, 0.2) is 0 Å². The van der Waals surface area contributed by atoms with Crippen LogP contribution in [-0.2, 0) is 16.0 Å². The molecular weight excluding hydrogens is 352 g/mol. The molecular formula is C23H26N2O3. The lowest BCUT2D eigenvalue weighted by atomic mass is 9.85. The van der Waals surface area contributed by atoms with Crippen LogP contribution in [0.25, 0.3) is 10.9 Å². The molecule has 2 aromatic carbocycles. The lowest BCUT2D eigenvalue weighted by Gasteiger charge is -2.32. The molecule has 0 bridgehead atoms. The van der Waals surface area contributed by atoms with E-state index in [1.807, 2.05) is 12.1 Å². The van der Waals surface area contributed by atoms with Gasteiger partial charge in [-0.15, -0.1) is 0 Å². The van der Waals surface area contributed by atoms with Crippen molar-refractivity contribution in [3.05, 3.63) is 63.8 Å². The number of fused-ring (bicyclic) bond motifs is 3. The summed E-state index contributed by atoms with van der Waals surface area (Å²) >= 11 is 0. The standard InChI is InChI=1S/C23H26N2O3/c1-12-10-19(27-4)13(2)14(3)20(12)22-21-16(11-18(25-22)23(26)28-5)15-8-6-7-9-17(15)24-21/h6-10,18,22,24-25H,11H2,1-5H3. The SMILES string of the molecule is COC(=O)C1Cc2c([nH]c3ccccc23)C(c2c(C)cc(OC)c(C)c2C)N1. The monoisotopic (exact) mass is 378 g/mol. The molecule has 0 saturated heterocycles. The first-order chi connectivity index (χ1) is 13.5. The highest BCUT2D eigenvalue weighted by Crippen LogP contribution is 2.39. The van der Waals surface area contributed by atoms with Gasteiger partial charge in [-0.25, -0.2) is 0 Å². The zero-order chi connectivity index (χ0) is 20.0. The number of esters is 1. The molecule has 0 spiro atoms. The van der Waals surface area contributed by atoms with Gasteiger partial charge in [0.25, 0.3) is 0 Å². The van der Waals surface area contributed by atoms with Crippen molar-refractivity contribution in [2.24, 2.45) is 0 Å². The van der Waals surface area contributed by atoms with Crippen LogP contribution in [-0.4, -0.2) is 31.2 Å². The van der Waals surface area contributed by atoms with Crippen molar-refractivity contribution in [1.82, 2.24) is 10.3 Å². The van der Waals surface area contributed by atoms with Gasteiger partial charge in [-0.05, 0) is 60.7 Å². The molecule has 1 aromatic heterocycles. The number of aromatic nitrogens is 1. The summed E-state index contributed by atoms with van der Waals surface area (Å²) in [4.78, 5) is 16.0. The van der Waals surface area contributed by atoms with E-state index in [2.05, 4.69) is 49.3 Å². The molecule has 3 aromatic rings. The summed E-state index contributed by atoms with van der Waals surface area (Å²) < 4.78 is 10.6. The highest BCUT2D eigenvalue weighted by Gasteiger charge is 2.36. The van der Waals surface area contributed by atoms with Crippen molar-refractivity contribution in [3.63, 3.8) is 0 Å². The molecule has 0 fully saturated rings. The molecule has 2 heterocycles. The number of ether oxygens (including phenoxy) is 2. The second-order valence-electron chi connectivity index (χ2n) is 7.50. The van der Waals surface area contributed by atoms with Crippen molar-refractivity contribution < 1.29 is 14.3 Å². The Morgan fingerprint density at radius 2 is 1.86 bits per heavy atom. The summed E-state index contributed by atoms with van der Waals surface area (Å²) in [5, 5.41) is 4.70. The molecule has 28 heavy (non-hydrogen) atoms. The molecule has 1 aliphatic rings. The lowest BCUT2D eigenvalue weighted by Crippen LogP contribution is -2.46. The molecule has 0 amide bonds. The maximum atomic E-state index is 12.4. The summed E-state index contributed by atoms with van der Waals surface area (Å²) in [5.41, 5.74) is 7.99. The number of nitrogens with one attached hydrogen (secondary N) is 2. The Kier molecular flexibility index (Phi) is 4.63. The fourth-order valence-electron chi connectivity index (χ4n) is 4.48. The van der Waals surface area contributed by atoms with Crippen LogP contribution in [0.15, 0.2) is 30.3 Å². The van der Waals surface area contributed by atoms with Gasteiger partial charge in [0, 0.05) is 23.0 Å². The van der Waals surface area contributed by atoms with Gasteiger partial charge >= 0.3 is 5.97 Å². The molecule has 1 aliphatic heterocycles. The van der Waals surface area contributed by atoms with E-state index in [1.165, 1.54) is 29.2 Å². The average molecular weight is 378 g/mol. The van der Waals surface area contributed by atoms with E-state index >= 15 is 0 Å². The predicted molar refractivity (Wildman–Crippen MR) is 110 cm³/mol. The van der Waals surface area contributed by atoms with Gasteiger partial charge in [-0.1, -0.05) is 18.2 Å². The Morgan fingerprint density at radius 3 is 2.57 bits per heavy atom. The van der Waals surface area contributed by atoms with Gasteiger partial charge in [-0.2, -0.15) is 0 Å². The third kappa shape index (κ3) is 2.78. The molecule has 5 heteroatoms. The first-order valence-corrected chi connectivity index (χ1v) is 9.54. The number of carbonyl (C=O) groups is 1. The third-order valence-corrected chi connectivity index (χ3v) is 6.01. The lowest BCUT2D eigenvalue weighted by molar-refractivity contribution is -0.143. The number of carbonyl (C=O) groups excluding carboxylic acids is 1. The second-order valence-corrected chi connectivity index (χ2v) is 7.50. The zero-order valence-corrected chi connectivity index (χ0v) is 17.0. The number of para-hydroxylation sites is 1. The summed E-state index contributed by atoms with van der Waals surface area (Å²) in [6, 6.07) is 9.82. The maximum absolute atomic E-state index is 12.4. The number of aromatic amines is 1. The van der Waals surface area contributed by atoms with Crippen molar-refractivity contribution in [3.8, 4) is 5.75 Å². The smallest absolute Gasteiger partial charge is 0.323 e. The van der Waals surface area contributed by atoms with E-state index in [4.69, 9.17) is 9.47 Å². The number of methoxy groups -OCH3 is 2. The highest BCUT2D eigenvalue weighted by molar-refractivity contribution is 5.87. The number of rotatable bonds is 3. The van der Waals surface area contributed by atoms with E-state index < -0.39 is 0 Å². The normalized spacial score (nSPS) is 18.8. The minimum absolute atomic E-state index is 0.121. The van der Waals surface area contributed by atoms with Gasteiger partial charge < -0.3 is 14.5 Å². The van der Waals surface area contributed by atoms with E-state index in [-0.39, 0.29) is 18.1 Å². The van der Waals surface area contributed by atoms with Crippen LogP contribution in [0.2, 0.25) is 0 Å². The van der Waals surface area contributed by atoms with E-state index in [0.717, 1.165) is 28.1 Å². The minimum Gasteiger partial charge on any atom is -0.496 e. The number of hydrogen-bond donors (Lipinski definition) is 2. The van der Waals surface area contributed by atoms with Crippen LogP contribution in [0.4, 0.5) is 0 Å². The molecule has 0 saturated carbocycles. The average Bonchev–Trinajstić information content (AvgIpc) is 3.09. The first kappa shape index (κ1) is 18.6. The molecule has 2 atom stereocenters. The van der Waals surface area contributed by atoms with Crippen molar-refractivity contribution >= 4 is 16.9 Å². The largest absolute Gasteiger partial charge is 0.496 e. The summed E-state index contributed by atoms with van der Waals surface area (Å²) in [7, 11) is 3.14. The van der Waals surface area contributed by atoms with E-state index in [9.17, 15) is 4.79 Å². The maximum Gasteiger partial charge on any atom is 0.323 e. The van der Waals surface area contributed by atoms with Crippen LogP contribution in [0.5, 0.6) is 5.75 Å². The number of H-pyrrole nitrogens is 1. The Labute approximate surface area is 165 Å². The summed E-state index contributed by atoms with van der Waals surface area (Å²) in [5.74, 6) is 0.650. The molecule has 5 nitrogen and oxygen atoms in total. The number of aryl methyl sites for hydroxylation is 1. The fraction of sp³-hybridized carbons (Fsp3) is 0.348. The first-order valence-electron chi connectivity index (χ1n) is 9.54. The van der Waals surface area contributed by atoms with Crippen molar-refractivity contribution in [1.29, 1.82) is 0 Å². The molecule has 2 unspecified atom stereocenters. The van der Waals surface area contributed by atoms with Crippen LogP contribution in [0.1, 0.15) is 39.6 Å². The van der Waals surface area contributed by atoms with Crippen molar-refractivity contribution in [2.45, 2.75) is 39.3 Å². The molecule has 0 aliphatic carbocycles. The Hall–Kier alpha value is -2.79. The Bertz CT molecular complexity index is 1070. The quantitative estimate of drug-likeness (QED) is 0.679. The van der Waals surface area contributed by atoms with E-state index in [1.54, 1.807) is 7.11 Å². The second kappa shape index (κ2) is 6.99. The topological polar surface area (TPSA) is 63.4 Å². The van der Waals surface area contributed by atoms with Gasteiger partial charge in [0.05, 0.1) is 20.3 Å². The van der Waals surface area contributed by atoms with Crippen LogP contribution in [0.3, 0.4) is 0 Å². The predicted octanol–water partition coefficient (Wildman–Crippen LogP) is 3.88. The van der Waals surface area contributed by atoms with Gasteiger partial charge in [0.1, 0.15) is 11.8 Å². The zero-order valence-electron chi connectivity index (χ0n) is 17.0. The van der Waals surface area contributed by atoms with E-state index in [0.29, 0.717) is 6.42 Å². The summed E-state index contributed by atoms with van der Waals surface area (Å²) in [6.07, 6.45) is 0.607. The fourth-order valence-corrected chi connectivity index (χ4v) is 4.48. The van der Waals surface area contributed by atoms with Crippen LogP contribution < -0.4 is 10.1 Å². The van der Waals surface area contributed by atoms with Crippen LogP contribution in [0, 0.1) is 20.8 Å². The van der Waals surface area contributed by atoms with Crippen molar-refractivity contribution in [2.75, 3.05) is 14.2 Å². The molecule has 0 radical (unpaired) electrons. The van der Waals surface area contributed by atoms with Gasteiger partial charge in [0.2, 0.25) is 0 Å². The molecule has 146 valence electrons. The third-order valence-electron chi connectivity index (χ3n) is 6.01. The minimum atomic E-state index is -0.386. The summed E-state index contributed by atoms with van der Waals surface area (Å²) in [6.45, 7) is 6.28. The van der Waals surface area contributed by atoms with Crippen LogP contribution >= 0.6 is 0 Å². The Morgan fingerprint density at radius 1 is 1.11 bits per heavy atom. The van der Waals surface area contributed by atoms with Gasteiger partial charge in [-0.3, -0.25) is 10.1 Å². The number of hydrogen-bond acceptors (Lipinski definition) is 4.